The zero-order chi connectivity index (χ0) is 45.8. The highest BCUT2D eigenvalue weighted by atomic mass is 32.1. The van der Waals surface area contributed by atoms with Crippen LogP contribution in [0.2, 0.25) is 0 Å². The van der Waals surface area contributed by atoms with Gasteiger partial charge in [0.1, 0.15) is 0 Å². The van der Waals surface area contributed by atoms with Gasteiger partial charge in [0.2, 0.25) is 0 Å². The molecule has 0 aliphatic heterocycles. The van der Waals surface area contributed by atoms with E-state index in [9.17, 15) is 0 Å². The normalized spacial score (nSPS) is 12.9. The van der Waals surface area contributed by atoms with E-state index in [1.54, 1.807) is 11.3 Å². The van der Waals surface area contributed by atoms with Crippen LogP contribution < -0.4 is 0 Å². The maximum absolute atomic E-state index is 9.02. The van der Waals surface area contributed by atoms with E-state index >= 15 is 0 Å². The molecule has 0 saturated heterocycles. The predicted octanol–water partition coefficient (Wildman–Crippen LogP) is 15.1. The van der Waals surface area contributed by atoms with E-state index < -0.39 is 18.1 Å². The van der Waals surface area contributed by atoms with Crippen LogP contribution in [0.1, 0.15) is 6.85 Å². The minimum atomic E-state index is -0.484. The minimum Gasteiger partial charge on any atom is -0.307 e. The molecule has 0 atom stereocenters. The van der Waals surface area contributed by atoms with Gasteiger partial charge in [0.25, 0.3) is 0 Å². The van der Waals surface area contributed by atoms with Crippen LogP contribution in [-0.4, -0.2) is 24.1 Å². The zero-order valence-corrected chi connectivity index (χ0v) is 34.3. The summed E-state index contributed by atoms with van der Waals surface area (Å²) in [6.07, 6.45) is 0. The molecule has 13 rings (SSSR count). The summed E-state index contributed by atoms with van der Waals surface area (Å²) in [5.74, 6) is 0.610. The van der Waals surface area contributed by atoms with Crippen LogP contribution in [0.4, 0.5) is 0 Å². The summed E-state index contributed by atoms with van der Waals surface area (Å²) < 4.78 is 50.4. The van der Waals surface area contributed by atoms with Gasteiger partial charge in [-0.2, -0.15) is 0 Å². The van der Waals surface area contributed by atoms with Crippen molar-refractivity contribution in [2.45, 2.75) is 0 Å². The van der Waals surface area contributed by atoms with Gasteiger partial charge in [-0.1, -0.05) is 176 Å². The summed E-state index contributed by atoms with van der Waals surface area (Å²) in [5.41, 5.74) is 9.69. The largest absolute Gasteiger partial charge is 0.307 e. The van der Waals surface area contributed by atoms with Gasteiger partial charge in [-0.15, -0.1) is 11.3 Å². The number of nitrogens with zero attached hydrogens (tertiary/aromatic N) is 5. The molecule has 0 amide bonds. The van der Waals surface area contributed by atoms with Crippen LogP contribution in [0.15, 0.2) is 212 Å². The molecule has 4 heterocycles. The minimum absolute atomic E-state index is 0.0126. The first-order valence-corrected chi connectivity index (χ1v) is 21.6. The summed E-state index contributed by atoms with van der Waals surface area (Å²) in [7, 11) is 0. The molecular weight excluding hydrogens is 787 g/mol. The zero-order valence-electron chi connectivity index (χ0n) is 38.5. The standard InChI is InChI=1S/C57H35N5S/c1-5-18-36(19-6-1)41-28-17-29-46-47-34-40(35-48(54(47)63-53(41)46)57-59-55(37-20-7-2-8-21-37)58-56(60-57)38-22-9-3-10-23-38)62-50-31-16-14-27-43(50)45-33-32-44-42-26-13-15-30-49(42)61(51(44)52(45)62)39-24-11-4-12-25-39/h1-35H/i2D,7D,8D,20D,21D. The summed E-state index contributed by atoms with van der Waals surface area (Å²) in [4.78, 5) is 15.2. The number of para-hydroxylation sites is 3. The molecule has 0 bridgehead atoms. The number of hydrogen-bond acceptors (Lipinski definition) is 4. The van der Waals surface area contributed by atoms with Crippen LogP contribution in [0, 0.1) is 0 Å². The Hall–Kier alpha value is -8.19. The van der Waals surface area contributed by atoms with E-state index in [0.29, 0.717) is 22.8 Å². The summed E-state index contributed by atoms with van der Waals surface area (Å²) in [6.45, 7) is 0. The average molecular weight is 827 g/mol. The molecule has 0 saturated carbocycles. The summed E-state index contributed by atoms with van der Waals surface area (Å²) in [5, 5.41) is 6.56. The smallest absolute Gasteiger partial charge is 0.165 e. The lowest BCUT2D eigenvalue weighted by Crippen LogP contribution is -2.02. The lowest BCUT2D eigenvalue weighted by molar-refractivity contribution is 1.07. The second-order valence-electron chi connectivity index (χ2n) is 15.6. The van der Waals surface area contributed by atoms with Gasteiger partial charge in [0.05, 0.1) is 28.9 Å². The molecular formula is C57H35N5S. The number of thiophene rings is 1. The number of aromatic nitrogens is 5. The third-order valence-corrected chi connectivity index (χ3v) is 13.3. The Morgan fingerprint density at radius 3 is 1.56 bits per heavy atom. The molecule has 13 aromatic rings. The fraction of sp³-hybridized carbons (Fsp3) is 0. The Labute approximate surface area is 373 Å². The molecule has 294 valence electrons. The van der Waals surface area contributed by atoms with Crippen molar-refractivity contribution in [2.24, 2.45) is 0 Å². The molecule has 0 unspecified atom stereocenters. The molecule has 0 aliphatic carbocycles. The van der Waals surface area contributed by atoms with Gasteiger partial charge in [0, 0.05) is 69.8 Å². The first kappa shape index (κ1) is 30.8. The molecule has 0 radical (unpaired) electrons. The van der Waals surface area contributed by atoms with Crippen LogP contribution >= 0.6 is 11.3 Å². The van der Waals surface area contributed by atoms with Gasteiger partial charge in [0.15, 0.2) is 17.5 Å². The molecule has 63 heavy (non-hydrogen) atoms. The average Bonchev–Trinajstić information content (AvgIpc) is 4.06. The van der Waals surface area contributed by atoms with Crippen molar-refractivity contribution in [3.8, 4) is 56.7 Å². The number of fused-ring (bicyclic) bond motifs is 10. The topological polar surface area (TPSA) is 48.5 Å². The Bertz CT molecular complexity index is 4180. The fourth-order valence-corrected chi connectivity index (χ4v) is 10.7. The first-order valence-electron chi connectivity index (χ1n) is 23.3. The van der Waals surface area contributed by atoms with Crippen molar-refractivity contribution in [2.75, 3.05) is 0 Å². The van der Waals surface area contributed by atoms with E-state index in [0.717, 1.165) is 86.3 Å². The molecule has 0 spiro atoms. The second-order valence-corrected chi connectivity index (χ2v) is 16.6. The van der Waals surface area contributed by atoms with Crippen molar-refractivity contribution in [3.63, 3.8) is 0 Å². The van der Waals surface area contributed by atoms with Crippen molar-refractivity contribution in [1.29, 1.82) is 0 Å². The highest BCUT2D eigenvalue weighted by molar-refractivity contribution is 7.26. The molecule has 0 fully saturated rings. The van der Waals surface area contributed by atoms with Crippen molar-refractivity contribution < 1.29 is 6.85 Å². The van der Waals surface area contributed by atoms with Crippen LogP contribution in [0.25, 0.3) is 120 Å². The lowest BCUT2D eigenvalue weighted by Gasteiger charge is -2.15. The van der Waals surface area contributed by atoms with Crippen molar-refractivity contribution in [1.82, 2.24) is 24.1 Å². The van der Waals surface area contributed by atoms with E-state index in [1.807, 2.05) is 42.5 Å². The SMILES string of the molecule is [2H]c1c([2H])c([2H])c(-c2nc(-c3ccccc3)nc(-c3cc(-n4c5ccccc5c5ccc6c7ccccc7n(-c7ccccc7)c6c54)cc4c3sc3c(-c5ccccc5)cccc34)n2)c([2H])c1[2H]. The molecule has 5 nitrogen and oxygen atoms in total. The highest BCUT2D eigenvalue weighted by Crippen LogP contribution is 2.47. The van der Waals surface area contributed by atoms with Gasteiger partial charge >= 0.3 is 0 Å². The van der Waals surface area contributed by atoms with Crippen LogP contribution in [0.3, 0.4) is 0 Å². The van der Waals surface area contributed by atoms with Crippen molar-refractivity contribution >= 4 is 75.1 Å². The van der Waals surface area contributed by atoms with Crippen molar-refractivity contribution in [3.05, 3.63) is 212 Å². The third kappa shape index (κ3) is 5.59. The van der Waals surface area contributed by atoms with Gasteiger partial charge in [-0.25, -0.2) is 15.0 Å². The molecule has 0 aliphatic rings. The Morgan fingerprint density at radius 2 is 0.889 bits per heavy atom. The summed E-state index contributed by atoms with van der Waals surface area (Å²) in [6, 6.07) is 60.7. The van der Waals surface area contributed by atoms with Gasteiger partial charge in [-0.3, -0.25) is 0 Å². The van der Waals surface area contributed by atoms with Gasteiger partial charge in [-0.05, 0) is 47.5 Å². The van der Waals surface area contributed by atoms with E-state index in [2.05, 4.69) is 149 Å². The predicted molar refractivity (Wildman–Crippen MR) is 263 cm³/mol. The summed E-state index contributed by atoms with van der Waals surface area (Å²) >= 11 is 1.67. The number of benzene rings is 9. The quantitative estimate of drug-likeness (QED) is 0.168. The lowest BCUT2D eigenvalue weighted by atomic mass is 10.0. The molecule has 0 N–H and O–H groups in total. The highest BCUT2D eigenvalue weighted by Gasteiger charge is 2.24. The Morgan fingerprint density at radius 1 is 0.365 bits per heavy atom. The van der Waals surface area contributed by atoms with E-state index in [4.69, 9.17) is 21.8 Å². The van der Waals surface area contributed by atoms with E-state index in [1.165, 1.54) is 0 Å². The van der Waals surface area contributed by atoms with E-state index in [-0.39, 0.29) is 23.5 Å². The number of hydrogen-bond donors (Lipinski definition) is 0. The molecule has 4 aromatic heterocycles. The van der Waals surface area contributed by atoms with Crippen LogP contribution in [-0.2, 0) is 0 Å². The van der Waals surface area contributed by atoms with Gasteiger partial charge < -0.3 is 9.13 Å². The fourth-order valence-electron chi connectivity index (χ4n) is 9.33. The second kappa shape index (κ2) is 14.2. The molecule has 9 aromatic carbocycles. The maximum atomic E-state index is 9.02. The maximum Gasteiger partial charge on any atom is 0.165 e. The Kier molecular flexibility index (Phi) is 6.94. The van der Waals surface area contributed by atoms with Crippen LogP contribution in [0.5, 0.6) is 0 Å². The molecule has 6 heteroatoms. The Balaban J connectivity index is 1.20. The third-order valence-electron chi connectivity index (χ3n) is 12.0. The first-order chi connectivity index (χ1) is 33.3. The number of rotatable bonds is 6. The monoisotopic (exact) mass is 826 g/mol.